The van der Waals surface area contributed by atoms with Gasteiger partial charge >= 0.3 is 5.97 Å². The lowest BCUT2D eigenvalue weighted by molar-refractivity contribution is -0.138. The van der Waals surface area contributed by atoms with E-state index < -0.39 is 12.0 Å². The number of unbranched alkanes of at least 4 members (excludes halogenated alkanes) is 1. The van der Waals surface area contributed by atoms with Crippen molar-refractivity contribution in [2.45, 2.75) is 31.7 Å². The van der Waals surface area contributed by atoms with Crippen LogP contribution in [0.25, 0.3) is 0 Å². The summed E-state index contributed by atoms with van der Waals surface area (Å²) in [5.74, 6) is -1.19. The summed E-state index contributed by atoms with van der Waals surface area (Å²) in [5, 5.41) is 8.54. The first-order chi connectivity index (χ1) is 7.50. The van der Waals surface area contributed by atoms with Crippen LogP contribution in [0.3, 0.4) is 0 Å². The fraction of sp³-hybridized carbons (Fsp3) is 0.700. The molecule has 6 heteroatoms. The van der Waals surface area contributed by atoms with Crippen molar-refractivity contribution in [2.75, 3.05) is 13.1 Å². The third-order valence-electron chi connectivity index (χ3n) is 2.58. The maximum atomic E-state index is 11.2. The number of Topliss-reactive ketones (excluding diaryl/α,β-unsaturated/α-hetero) is 1. The molecule has 1 aliphatic heterocycles. The van der Waals surface area contributed by atoms with E-state index in [0.717, 1.165) is 0 Å². The van der Waals surface area contributed by atoms with Gasteiger partial charge in [-0.25, -0.2) is 0 Å². The largest absolute Gasteiger partial charge is 0.480 e. The molecule has 0 aromatic carbocycles. The highest BCUT2D eigenvalue weighted by molar-refractivity contribution is 6.05. The van der Waals surface area contributed by atoms with Crippen molar-refractivity contribution in [1.29, 1.82) is 0 Å². The molecular weight excluding hydrogens is 212 g/mol. The van der Waals surface area contributed by atoms with Crippen molar-refractivity contribution < 1.29 is 19.5 Å². The van der Waals surface area contributed by atoms with Crippen molar-refractivity contribution in [3.05, 3.63) is 0 Å². The zero-order valence-corrected chi connectivity index (χ0v) is 9.02. The number of hydrogen-bond donors (Lipinski definition) is 2. The zero-order valence-electron chi connectivity index (χ0n) is 9.02. The predicted octanol–water partition coefficient (Wildman–Crippen LogP) is -0.630. The summed E-state index contributed by atoms with van der Waals surface area (Å²) in [6.07, 6.45) is 1.73. The van der Waals surface area contributed by atoms with Gasteiger partial charge in [-0.2, -0.15) is 0 Å². The number of carboxylic acid groups (broad SMARTS) is 1. The van der Waals surface area contributed by atoms with Gasteiger partial charge in [0.2, 0.25) is 5.91 Å². The molecule has 0 saturated carbocycles. The number of carboxylic acids is 1. The van der Waals surface area contributed by atoms with E-state index in [2.05, 4.69) is 0 Å². The molecule has 0 aliphatic carbocycles. The number of ketones is 1. The summed E-state index contributed by atoms with van der Waals surface area (Å²) < 4.78 is 0. The molecule has 1 saturated heterocycles. The van der Waals surface area contributed by atoms with Crippen LogP contribution < -0.4 is 5.73 Å². The standard InChI is InChI=1S/C10H16N2O4/c11-8(10(15)16)3-1-2-4-12-6-7(13)5-9(12)14/h8H,1-6,11H2,(H,15,16). The van der Waals surface area contributed by atoms with Crippen LogP contribution in [-0.4, -0.2) is 46.8 Å². The lowest BCUT2D eigenvalue weighted by Crippen LogP contribution is -2.30. The van der Waals surface area contributed by atoms with Crippen molar-refractivity contribution in [2.24, 2.45) is 5.73 Å². The van der Waals surface area contributed by atoms with Crippen LogP contribution in [0.2, 0.25) is 0 Å². The van der Waals surface area contributed by atoms with Crippen molar-refractivity contribution in [1.82, 2.24) is 4.90 Å². The van der Waals surface area contributed by atoms with Gasteiger partial charge in [-0.3, -0.25) is 14.4 Å². The lowest BCUT2D eigenvalue weighted by Gasteiger charge is -2.14. The minimum Gasteiger partial charge on any atom is -0.480 e. The van der Waals surface area contributed by atoms with Gasteiger partial charge in [0.15, 0.2) is 5.78 Å². The Morgan fingerprint density at radius 2 is 2.12 bits per heavy atom. The van der Waals surface area contributed by atoms with E-state index in [9.17, 15) is 14.4 Å². The number of rotatable bonds is 6. The molecule has 1 aliphatic rings. The maximum Gasteiger partial charge on any atom is 0.320 e. The first-order valence-corrected chi connectivity index (χ1v) is 5.28. The number of aliphatic carboxylic acids is 1. The highest BCUT2D eigenvalue weighted by Gasteiger charge is 2.26. The number of carbonyl (C=O) groups excluding carboxylic acids is 2. The minimum absolute atomic E-state index is 0.00857. The van der Waals surface area contributed by atoms with Gasteiger partial charge in [-0.05, 0) is 19.3 Å². The summed E-state index contributed by atoms with van der Waals surface area (Å²) in [4.78, 5) is 34.1. The van der Waals surface area contributed by atoms with Crippen molar-refractivity contribution >= 4 is 17.7 Å². The molecule has 6 nitrogen and oxygen atoms in total. The second kappa shape index (κ2) is 5.60. The molecule has 0 bridgehead atoms. The first kappa shape index (κ1) is 12.6. The number of carbonyl (C=O) groups is 3. The van der Waals surface area contributed by atoms with E-state index in [-0.39, 0.29) is 24.7 Å². The van der Waals surface area contributed by atoms with Crippen LogP contribution in [0.15, 0.2) is 0 Å². The highest BCUT2D eigenvalue weighted by atomic mass is 16.4. The molecular formula is C10H16N2O4. The molecule has 0 spiro atoms. The van der Waals surface area contributed by atoms with E-state index in [4.69, 9.17) is 10.8 Å². The van der Waals surface area contributed by atoms with Crippen LogP contribution in [-0.2, 0) is 14.4 Å². The second-order valence-corrected chi connectivity index (χ2v) is 3.97. The van der Waals surface area contributed by atoms with E-state index in [1.165, 1.54) is 4.90 Å². The molecule has 0 radical (unpaired) electrons. The van der Waals surface area contributed by atoms with E-state index in [0.29, 0.717) is 25.8 Å². The Morgan fingerprint density at radius 1 is 1.44 bits per heavy atom. The second-order valence-electron chi connectivity index (χ2n) is 3.97. The van der Waals surface area contributed by atoms with Crippen molar-refractivity contribution in [3.8, 4) is 0 Å². The van der Waals surface area contributed by atoms with Gasteiger partial charge in [0, 0.05) is 6.54 Å². The number of amides is 1. The Balaban J connectivity index is 2.14. The van der Waals surface area contributed by atoms with Crippen LogP contribution >= 0.6 is 0 Å². The average Bonchev–Trinajstić information content (AvgIpc) is 2.51. The van der Waals surface area contributed by atoms with Gasteiger partial charge in [0.25, 0.3) is 0 Å². The third-order valence-corrected chi connectivity index (χ3v) is 2.58. The first-order valence-electron chi connectivity index (χ1n) is 5.28. The fourth-order valence-electron chi connectivity index (χ4n) is 1.63. The molecule has 3 N–H and O–H groups in total. The predicted molar refractivity (Wildman–Crippen MR) is 55.7 cm³/mol. The Labute approximate surface area is 93.4 Å². The molecule has 1 unspecified atom stereocenters. The summed E-state index contributed by atoms with van der Waals surface area (Å²) in [6.45, 7) is 0.709. The van der Waals surface area contributed by atoms with E-state index in [1.54, 1.807) is 0 Å². The van der Waals surface area contributed by atoms with Crippen LogP contribution in [0, 0.1) is 0 Å². The lowest BCUT2D eigenvalue weighted by atomic mass is 10.1. The quantitative estimate of drug-likeness (QED) is 0.465. The molecule has 0 aromatic rings. The van der Waals surface area contributed by atoms with E-state index >= 15 is 0 Å². The highest BCUT2D eigenvalue weighted by Crippen LogP contribution is 2.09. The Kier molecular flexibility index (Phi) is 4.42. The average molecular weight is 228 g/mol. The summed E-state index contributed by atoms with van der Waals surface area (Å²) in [5.41, 5.74) is 5.33. The fourth-order valence-corrected chi connectivity index (χ4v) is 1.63. The molecule has 1 fully saturated rings. The SMILES string of the molecule is NC(CCCCN1CC(=O)CC1=O)C(=O)O. The topological polar surface area (TPSA) is 101 Å². The van der Waals surface area contributed by atoms with Gasteiger partial charge in [-0.15, -0.1) is 0 Å². The monoisotopic (exact) mass is 228 g/mol. The van der Waals surface area contributed by atoms with Crippen LogP contribution in [0.4, 0.5) is 0 Å². The Hall–Kier alpha value is -1.43. The maximum absolute atomic E-state index is 11.2. The van der Waals surface area contributed by atoms with Crippen LogP contribution in [0.1, 0.15) is 25.7 Å². The molecule has 1 rings (SSSR count). The van der Waals surface area contributed by atoms with E-state index in [1.807, 2.05) is 0 Å². The van der Waals surface area contributed by atoms with Gasteiger partial charge < -0.3 is 15.7 Å². The Bertz CT molecular complexity index is 303. The molecule has 0 aromatic heterocycles. The van der Waals surface area contributed by atoms with Gasteiger partial charge in [0.05, 0.1) is 13.0 Å². The van der Waals surface area contributed by atoms with Crippen molar-refractivity contribution in [3.63, 3.8) is 0 Å². The molecule has 90 valence electrons. The number of likely N-dealkylation sites (tertiary alicyclic amines) is 1. The summed E-state index contributed by atoms with van der Waals surface area (Å²) >= 11 is 0. The molecule has 1 heterocycles. The zero-order chi connectivity index (χ0) is 12.1. The summed E-state index contributed by atoms with van der Waals surface area (Å²) in [6, 6.07) is -0.837. The number of nitrogens with zero attached hydrogens (tertiary/aromatic N) is 1. The third kappa shape index (κ3) is 3.62. The number of nitrogens with two attached hydrogens (primary N) is 1. The minimum atomic E-state index is -1.01. The molecule has 1 atom stereocenters. The molecule has 16 heavy (non-hydrogen) atoms. The smallest absolute Gasteiger partial charge is 0.320 e. The number of hydrogen-bond acceptors (Lipinski definition) is 4. The van der Waals surface area contributed by atoms with Gasteiger partial charge in [0.1, 0.15) is 6.04 Å². The molecule has 1 amide bonds. The van der Waals surface area contributed by atoms with Crippen LogP contribution in [0.5, 0.6) is 0 Å². The summed E-state index contributed by atoms with van der Waals surface area (Å²) in [7, 11) is 0. The Morgan fingerprint density at radius 3 is 2.62 bits per heavy atom. The normalized spacial score (nSPS) is 17.9. The van der Waals surface area contributed by atoms with Gasteiger partial charge in [-0.1, -0.05) is 0 Å².